The van der Waals surface area contributed by atoms with Gasteiger partial charge < -0.3 is 0 Å². The Balaban J connectivity index is 3.19. The molecule has 1 aromatic carbocycles. The van der Waals surface area contributed by atoms with Crippen molar-refractivity contribution >= 4 is 21.7 Å². The van der Waals surface area contributed by atoms with Gasteiger partial charge in [-0.3, -0.25) is 4.79 Å². The molecule has 0 aromatic heterocycles. The molecule has 1 atom stereocenters. The Morgan fingerprint density at radius 2 is 1.71 bits per heavy atom. The summed E-state index contributed by atoms with van der Waals surface area (Å²) >= 11 is 2.96. The molecule has 1 aromatic rings. The summed E-state index contributed by atoms with van der Waals surface area (Å²) < 4.78 is 37.9. The molecular formula is C9H6BrF3O. The molecule has 0 bridgehead atoms. The lowest BCUT2D eigenvalue weighted by Crippen LogP contribution is -2.11. The number of benzene rings is 1. The average Bonchev–Trinajstić information content (AvgIpc) is 2.12. The van der Waals surface area contributed by atoms with Crippen LogP contribution in [-0.4, -0.2) is 10.6 Å². The Morgan fingerprint density at radius 3 is 2.07 bits per heavy atom. The molecule has 1 rings (SSSR count). The highest BCUT2D eigenvalue weighted by molar-refractivity contribution is 9.10. The molecule has 0 aliphatic carbocycles. The Bertz CT molecular complexity index is 353. The molecule has 0 saturated carbocycles. The van der Waals surface area contributed by atoms with Gasteiger partial charge in [0.1, 0.15) is 0 Å². The van der Waals surface area contributed by atoms with Crippen LogP contribution in [0.5, 0.6) is 0 Å². The van der Waals surface area contributed by atoms with Gasteiger partial charge in [-0.15, -0.1) is 0 Å². The summed E-state index contributed by atoms with van der Waals surface area (Å²) in [4.78, 5) is 10.7. The number of ketones is 1. The highest BCUT2D eigenvalue weighted by Crippen LogP contribution is 2.16. The van der Waals surface area contributed by atoms with E-state index in [1.807, 2.05) is 0 Å². The Kier molecular flexibility index (Phi) is 3.31. The fraction of sp³-hybridized carbons (Fsp3) is 0.222. The number of carbonyl (C=O) groups is 1. The summed E-state index contributed by atoms with van der Waals surface area (Å²) in [6.45, 7) is 1.52. The first kappa shape index (κ1) is 11.2. The van der Waals surface area contributed by atoms with Crippen molar-refractivity contribution in [1.82, 2.24) is 0 Å². The minimum atomic E-state index is -1.57. The second kappa shape index (κ2) is 4.13. The van der Waals surface area contributed by atoms with Crippen molar-refractivity contribution < 1.29 is 18.0 Å². The zero-order valence-electron chi connectivity index (χ0n) is 7.15. The predicted molar refractivity (Wildman–Crippen MR) is 49.0 cm³/mol. The van der Waals surface area contributed by atoms with E-state index in [4.69, 9.17) is 0 Å². The third-order valence-corrected chi connectivity index (χ3v) is 2.05. The smallest absolute Gasteiger partial charge is 0.194 e. The summed E-state index contributed by atoms with van der Waals surface area (Å²) in [5.41, 5.74) is -0.189. The minimum absolute atomic E-state index is 0.189. The summed E-state index contributed by atoms with van der Waals surface area (Å²) in [6.07, 6.45) is 0. The minimum Gasteiger partial charge on any atom is -0.293 e. The molecule has 0 amide bonds. The van der Waals surface area contributed by atoms with E-state index in [0.29, 0.717) is 12.1 Å². The number of alkyl halides is 1. The maximum Gasteiger partial charge on any atom is 0.194 e. The molecule has 5 heteroatoms. The van der Waals surface area contributed by atoms with Gasteiger partial charge in [0.05, 0.1) is 4.83 Å². The van der Waals surface area contributed by atoms with Crippen LogP contribution < -0.4 is 0 Å². The zero-order chi connectivity index (χ0) is 10.9. The van der Waals surface area contributed by atoms with Gasteiger partial charge in [-0.2, -0.15) is 0 Å². The third kappa shape index (κ3) is 2.15. The van der Waals surface area contributed by atoms with Crippen molar-refractivity contribution in [3.8, 4) is 0 Å². The van der Waals surface area contributed by atoms with Gasteiger partial charge >= 0.3 is 0 Å². The monoisotopic (exact) mass is 266 g/mol. The third-order valence-electron chi connectivity index (χ3n) is 1.63. The van der Waals surface area contributed by atoms with E-state index in [9.17, 15) is 18.0 Å². The van der Waals surface area contributed by atoms with Crippen molar-refractivity contribution in [2.45, 2.75) is 11.8 Å². The summed E-state index contributed by atoms with van der Waals surface area (Å²) in [7, 11) is 0. The largest absolute Gasteiger partial charge is 0.293 e. The molecule has 76 valence electrons. The molecule has 14 heavy (non-hydrogen) atoms. The van der Waals surface area contributed by atoms with Gasteiger partial charge in [0.25, 0.3) is 0 Å². The lowest BCUT2D eigenvalue weighted by molar-refractivity contribution is 0.0994. The van der Waals surface area contributed by atoms with Gasteiger partial charge in [0.15, 0.2) is 23.2 Å². The van der Waals surface area contributed by atoms with E-state index < -0.39 is 28.1 Å². The topological polar surface area (TPSA) is 17.1 Å². The van der Waals surface area contributed by atoms with E-state index in [-0.39, 0.29) is 5.56 Å². The number of hydrogen-bond acceptors (Lipinski definition) is 1. The number of halogens is 4. The lowest BCUT2D eigenvalue weighted by atomic mass is 10.1. The van der Waals surface area contributed by atoms with E-state index in [0.717, 1.165) is 0 Å². The molecule has 0 fully saturated rings. The normalized spacial score (nSPS) is 12.6. The van der Waals surface area contributed by atoms with Crippen LogP contribution in [0.15, 0.2) is 12.1 Å². The van der Waals surface area contributed by atoms with Gasteiger partial charge in [-0.1, -0.05) is 15.9 Å². The summed E-state index contributed by atoms with van der Waals surface area (Å²) in [6, 6.07) is 1.36. The first-order valence-corrected chi connectivity index (χ1v) is 4.68. The van der Waals surface area contributed by atoms with Gasteiger partial charge in [0.2, 0.25) is 0 Å². The summed E-state index contributed by atoms with van der Waals surface area (Å²) in [5.74, 6) is -4.78. The van der Waals surface area contributed by atoms with E-state index >= 15 is 0 Å². The van der Waals surface area contributed by atoms with Crippen molar-refractivity contribution in [2.24, 2.45) is 0 Å². The number of Topliss-reactive ketones (excluding diaryl/α,β-unsaturated/α-hetero) is 1. The molecular weight excluding hydrogens is 261 g/mol. The Labute approximate surface area is 87.1 Å². The molecule has 0 heterocycles. The summed E-state index contributed by atoms with van der Waals surface area (Å²) in [5, 5.41) is 0. The van der Waals surface area contributed by atoms with E-state index in [1.165, 1.54) is 6.92 Å². The predicted octanol–water partition coefficient (Wildman–Crippen LogP) is 3.07. The van der Waals surface area contributed by atoms with E-state index in [2.05, 4.69) is 15.9 Å². The zero-order valence-corrected chi connectivity index (χ0v) is 8.74. The molecule has 0 radical (unpaired) electrons. The van der Waals surface area contributed by atoms with Gasteiger partial charge in [-0.05, 0) is 19.1 Å². The van der Waals surface area contributed by atoms with Crippen molar-refractivity contribution in [3.05, 3.63) is 35.1 Å². The standard InChI is InChI=1S/C9H6BrF3O/c1-4(10)9(14)5-2-6(11)8(13)7(12)3-5/h2-4H,1H3. The van der Waals surface area contributed by atoms with Crippen molar-refractivity contribution in [1.29, 1.82) is 0 Å². The molecule has 0 aliphatic rings. The fourth-order valence-corrected chi connectivity index (χ4v) is 1.19. The second-order valence-corrected chi connectivity index (χ2v) is 4.11. The molecule has 0 spiro atoms. The van der Waals surface area contributed by atoms with Crippen LogP contribution in [0.3, 0.4) is 0 Å². The molecule has 0 N–H and O–H groups in total. The van der Waals surface area contributed by atoms with Crippen molar-refractivity contribution in [2.75, 3.05) is 0 Å². The fourth-order valence-electron chi connectivity index (χ4n) is 0.927. The maximum absolute atomic E-state index is 12.7. The van der Waals surface area contributed by atoms with Crippen LogP contribution >= 0.6 is 15.9 Å². The quantitative estimate of drug-likeness (QED) is 0.457. The number of hydrogen-bond donors (Lipinski definition) is 0. The molecule has 0 saturated heterocycles. The SMILES string of the molecule is CC(Br)C(=O)c1cc(F)c(F)c(F)c1. The number of rotatable bonds is 2. The highest BCUT2D eigenvalue weighted by atomic mass is 79.9. The Hall–Kier alpha value is -0.840. The first-order valence-electron chi connectivity index (χ1n) is 3.76. The van der Waals surface area contributed by atoms with E-state index in [1.54, 1.807) is 0 Å². The molecule has 0 aliphatic heterocycles. The lowest BCUT2D eigenvalue weighted by Gasteiger charge is -2.03. The number of carbonyl (C=O) groups excluding carboxylic acids is 1. The first-order chi connectivity index (χ1) is 6.43. The van der Waals surface area contributed by atoms with Crippen LogP contribution in [0.25, 0.3) is 0 Å². The second-order valence-electron chi connectivity index (χ2n) is 2.73. The maximum atomic E-state index is 12.7. The van der Waals surface area contributed by atoms with Gasteiger partial charge in [-0.25, -0.2) is 13.2 Å². The van der Waals surface area contributed by atoms with Crippen molar-refractivity contribution in [3.63, 3.8) is 0 Å². The Morgan fingerprint density at radius 1 is 1.29 bits per heavy atom. The van der Waals surface area contributed by atoms with Gasteiger partial charge in [0, 0.05) is 5.56 Å². The molecule has 1 unspecified atom stereocenters. The van der Waals surface area contributed by atoms with Crippen LogP contribution in [0, 0.1) is 17.5 Å². The highest BCUT2D eigenvalue weighted by Gasteiger charge is 2.17. The van der Waals surface area contributed by atoms with Crippen LogP contribution in [-0.2, 0) is 0 Å². The average molecular weight is 267 g/mol. The van der Waals surface area contributed by atoms with Crippen LogP contribution in [0.4, 0.5) is 13.2 Å². The van der Waals surface area contributed by atoms with Crippen LogP contribution in [0.1, 0.15) is 17.3 Å². The van der Waals surface area contributed by atoms with Crippen LogP contribution in [0.2, 0.25) is 0 Å². The molecule has 1 nitrogen and oxygen atoms in total.